The lowest BCUT2D eigenvalue weighted by molar-refractivity contribution is 0.0526. The summed E-state index contributed by atoms with van der Waals surface area (Å²) in [4.78, 5) is 14.8. The molecule has 1 aromatic carbocycles. The summed E-state index contributed by atoms with van der Waals surface area (Å²) in [6, 6.07) is 11.4. The molecule has 0 atom stereocenters. The number of aromatic nitrogens is 3. The van der Waals surface area contributed by atoms with E-state index in [1.54, 1.807) is 6.20 Å². The van der Waals surface area contributed by atoms with Gasteiger partial charge in [-0.1, -0.05) is 35.5 Å². The van der Waals surface area contributed by atoms with Gasteiger partial charge in [0.15, 0.2) is 5.69 Å². The van der Waals surface area contributed by atoms with Crippen LogP contribution < -0.4 is 5.32 Å². The number of carbonyl (C=O) groups excluding carboxylic acids is 1. The predicted octanol–water partition coefficient (Wildman–Crippen LogP) is 1.72. The van der Waals surface area contributed by atoms with Crippen LogP contribution in [0.1, 0.15) is 47.8 Å². The Balaban J connectivity index is 1.19. The number of benzene rings is 1. The van der Waals surface area contributed by atoms with Gasteiger partial charge in [-0.25, -0.2) is 4.68 Å². The highest BCUT2D eigenvalue weighted by molar-refractivity contribution is 5.92. The van der Waals surface area contributed by atoms with Crippen LogP contribution in [0.4, 0.5) is 0 Å². The van der Waals surface area contributed by atoms with E-state index in [1.165, 1.54) is 18.4 Å². The molecule has 3 aliphatic rings. The second-order valence-electron chi connectivity index (χ2n) is 7.29. The Morgan fingerprint density at radius 3 is 2.58 bits per heavy atom. The van der Waals surface area contributed by atoms with Gasteiger partial charge >= 0.3 is 0 Å². The molecule has 2 heterocycles. The first-order chi connectivity index (χ1) is 11.7. The molecule has 124 valence electrons. The Bertz CT molecular complexity index is 757. The number of carbonyl (C=O) groups is 1. The zero-order valence-electron chi connectivity index (χ0n) is 13.6. The molecule has 2 aliphatic carbocycles. The van der Waals surface area contributed by atoms with Crippen LogP contribution in [0, 0.1) is 0 Å². The van der Waals surface area contributed by atoms with Crippen LogP contribution in [0.3, 0.4) is 0 Å². The molecular weight excluding hydrogens is 302 g/mol. The van der Waals surface area contributed by atoms with Gasteiger partial charge in [0.05, 0.1) is 18.3 Å². The highest BCUT2D eigenvalue weighted by Gasteiger charge is 2.53. The van der Waals surface area contributed by atoms with Gasteiger partial charge in [0.2, 0.25) is 0 Å². The van der Waals surface area contributed by atoms with Crippen molar-refractivity contribution < 1.29 is 4.79 Å². The SMILES string of the molecule is O=C(NC1CN(C2(c3ccccc3)CC2)C1)c1cn(C2CC2)nn1. The Morgan fingerprint density at radius 1 is 1.17 bits per heavy atom. The average molecular weight is 323 g/mol. The van der Waals surface area contributed by atoms with E-state index in [0.717, 1.165) is 25.9 Å². The van der Waals surface area contributed by atoms with Crippen molar-refractivity contribution in [3.8, 4) is 0 Å². The third-order valence-corrected chi connectivity index (χ3v) is 5.52. The molecular formula is C18H21N5O. The zero-order valence-corrected chi connectivity index (χ0v) is 13.6. The molecule has 0 radical (unpaired) electrons. The molecule has 1 saturated heterocycles. The Kier molecular flexibility index (Phi) is 3.03. The lowest BCUT2D eigenvalue weighted by Crippen LogP contribution is -2.62. The smallest absolute Gasteiger partial charge is 0.273 e. The molecule has 3 fully saturated rings. The Hall–Kier alpha value is -2.21. The topological polar surface area (TPSA) is 63.1 Å². The fourth-order valence-corrected chi connectivity index (χ4v) is 3.73. The first-order valence-electron chi connectivity index (χ1n) is 8.78. The van der Waals surface area contributed by atoms with Crippen LogP contribution in [0.2, 0.25) is 0 Å². The first-order valence-corrected chi connectivity index (χ1v) is 8.78. The van der Waals surface area contributed by atoms with Crippen molar-refractivity contribution in [2.45, 2.75) is 43.3 Å². The van der Waals surface area contributed by atoms with Crippen molar-refractivity contribution in [1.29, 1.82) is 0 Å². The summed E-state index contributed by atoms with van der Waals surface area (Å²) < 4.78 is 1.82. The number of hydrogen-bond acceptors (Lipinski definition) is 4. The molecule has 0 unspecified atom stereocenters. The van der Waals surface area contributed by atoms with E-state index in [2.05, 4.69) is 50.9 Å². The van der Waals surface area contributed by atoms with E-state index in [-0.39, 0.29) is 17.5 Å². The number of nitrogens with zero attached hydrogens (tertiary/aromatic N) is 4. The number of hydrogen-bond donors (Lipinski definition) is 1. The second-order valence-corrected chi connectivity index (χ2v) is 7.29. The number of likely N-dealkylation sites (tertiary alicyclic amines) is 1. The van der Waals surface area contributed by atoms with E-state index in [9.17, 15) is 4.79 Å². The van der Waals surface area contributed by atoms with Gasteiger partial charge in [0.25, 0.3) is 5.91 Å². The molecule has 5 rings (SSSR count). The third kappa shape index (κ3) is 2.33. The number of rotatable bonds is 5. The van der Waals surface area contributed by atoms with Crippen molar-refractivity contribution >= 4 is 5.91 Å². The summed E-state index contributed by atoms with van der Waals surface area (Å²) in [5.74, 6) is -0.101. The standard InChI is InChI=1S/C18H21N5O/c24-17(16-12-23(21-20-16)15-6-7-15)19-14-10-22(11-14)18(8-9-18)13-4-2-1-3-5-13/h1-5,12,14-15H,6-11H2,(H,19,24). The minimum atomic E-state index is -0.101. The Labute approximate surface area is 140 Å². The predicted molar refractivity (Wildman–Crippen MR) is 88.5 cm³/mol. The highest BCUT2D eigenvalue weighted by atomic mass is 16.2. The fraction of sp³-hybridized carbons (Fsp3) is 0.500. The lowest BCUT2D eigenvalue weighted by atomic mass is 9.97. The van der Waals surface area contributed by atoms with Crippen LogP contribution in [0.25, 0.3) is 0 Å². The molecule has 1 N–H and O–H groups in total. The third-order valence-electron chi connectivity index (χ3n) is 5.52. The summed E-state index contributed by atoms with van der Waals surface area (Å²) in [5, 5.41) is 11.1. The minimum absolute atomic E-state index is 0.101. The molecule has 1 amide bonds. The summed E-state index contributed by atoms with van der Waals surface area (Å²) in [6.45, 7) is 1.83. The van der Waals surface area contributed by atoms with Crippen LogP contribution in [0.15, 0.2) is 36.5 Å². The van der Waals surface area contributed by atoms with Crippen molar-refractivity contribution in [2.24, 2.45) is 0 Å². The van der Waals surface area contributed by atoms with Gasteiger partial charge in [-0.2, -0.15) is 0 Å². The minimum Gasteiger partial charge on any atom is -0.345 e. The summed E-state index contributed by atoms with van der Waals surface area (Å²) in [6.07, 6.45) is 6.49. The molecule has 2 aromatic rings. The normalized spacial score (nSPS) is 22.8. The highest BCUT2D eigenvalue weighted by Crippen LogP contribution is 2.52. The van der Waals surface area contributed by atoms with E-state index < -0.39 is 0 Å². The molecule has 0 bridgehead atoms. The molecule has 6 nitrogen and oxygen atoms in total. The van der Waals surface area contributed by atoms with Crippen molar-refractivity contribution in [1.82, 2.24) is 25.2 Å². The van der Waals surface area contributed by atoms with Crippen molar-refractivity contribution in [3.05, 3.63) is 47.8 Å². The van der Waals surface area contributed by atoms with Gasteiger partial charge in [0.1, 0.15) is 0 Å². The quantitative estimate of drug-likeness (QED) is 0.910. The van der Waals surface area contributed by atoms with E-state index in [0.29, 0.717) is 11.7 Å². The maximum Gasteiger partial charge on any atom is 0.273 e. The monoisotopic (exact) mass is 323 g/mol. The van der Waals surface area contributed by atoms with E-state index in [4.69, 9.17) is 0 Å². The van der Waals surface area contributed by atoms with Crippen molar-refractivity contribution in [2.75, 3.05) is 13.1 Å². The van der Waals surface area contributed by atoms with Gasteiger partial charge in [0, 0.05) is 18.6 Å². The second kappa shape index (κ2) is 5.14. The average Bonchev–Trinajstić information content (AvgIpc) is 3.50. The van der Waals surface area contributed by atoms with Crippen LogP contribution in [0.5, 0.6) is 0 Å². The molecule has 1 aromatic heterocycles. The van der Waals surface area contributed by atoms with Crippen LogP contribution in [-0.2, 0) is 5.54 Å². The van der Waals surface area contributed by atoms with E-state index in [1.807, 2.05) is 4.68 Å². The Morgan fingerprint density at radius 2 is 1.92 bits per heavy atom. The van der Waals surface area contributed by atoms with Gasteiger partial charge < -0.3 is 5.32 Å². The maximum absolute atomic E-state index is 12.3. The number of nitrogens with one attached hydrogen (secondary N) is 1. The van der Waals surface area contributed by atoms with Crippen LogP contribution >= 0.6 is 0 Å². The number of amides is 1. The summed E-state index contributed by atoms with van der Waals surface area (Å²) in [5.41, 5.74) is 2.06. The van der Waals surface area contributed by atoms with Gasteiger partial charge in [-0.3, -0.25) is 9.69 Å². The van der Waals surface area contributed by atoms with Gasteiger partial charge in [-0.05, 0) is 31.2 Å². The molecule has 24 heavy (non-hydrogen) atoms. The largest absolute Gasteiger partial charge is 0.345 e. The summed E-state index contributed by atoms with van der Waals surface area (Å²) in [7, 11) is 0. The zero-order chi connectivity index (χ0) is 16.1. The van der Waals surface area contributed by atoms with E-state index >= 15 is 0 Å². The molecule has 6 heteroatoms. The maximum atomic E-state index is 12.3. The fourth-order valence-electron chi connectivity index (χ4n) is 3.73. The van der Waals surface area contributed by atoms with Gasteiger partial charge in [-0.15, -0.1) is 5.10 Å². The first kappa shape index (κ1) is 14.2. The molecule has 0 spiro atoms. The molecule has 1 aliphatic heterocycles. The van der Waals surface area contributed by atoms with Crippen molar-refractivity contribution in [3.63, 3.8) is 0 Å². The molecule has 2 saturated carbocycles. The lowest BCUT2D eigenvalue weighted by Gasteiger charge is -2.45. The van der Waals surface area contributed by atoms with Crippen LogP contribution in [-0.4, -0.2) is 44.9 Å². The summed E-state index contributed by atoms with van der Waals surface area (Å²) >= 11 is 0.